The summed E-state index contributed by atoms with van der Waals surface area (Å²) < 4.78 is 14.9. The Labute approximate surface area is 177 Å². The van der Waals surface area contributed by atoms with Crippen molar-refractivity contribution in [1.29, 1.82) is 0 Å². The zero-order valence-electron chi connectivity index (χ0n) is 15.6. The van der Waals surface area contributed by atoms with Crippen molar-refractivity contribution in [2.45, 2.75) is 12.1 Å². The molecule has 0 aliphatic carbocycles. The molecule has 0 unspecified atom stereocenters. The van der Waals surface area contributed by atoms with E-state index in [1.54, 1.807) is 60.7 Å². The Morgan fingerprint density at radius 2 is 1.43 bits per heavy atom. The molecule has 30 heavy (non-hydrogen) atoms. The van der Waals surface area contributed by atoms with Crippen LogP contribution in [0.15, 0.2) is 78.9 Å². The second-order valence-corrected chi connectivity index (χ2v) is 7.55. The second-order valence-electron chi connectivity index (χ2n) is 7.14. The van der Waals surface area contributed by atoms with Crippen LogP contribution in [0.3, 0.4) is 0 Å². The van der Waals surface area contributed by atoms with Gasteiger partial charge in [0.15, 0.2) is 6.10 Å². The van der Waals surface area contributed by atoms with Gasteiger partial charge in [-0.25, -0.2) is 14.4 Å². The first kappa shape index (κ1) is 18.8. The van der Waals surface area contributed by atoms with Gasteiger partial charge >= 0.3 is 0 Å². The molecule has 5 rings (SSSR count). The fourth-order valence-corrected chi connectivity index (χ4v) is 4.41. The van der Waals surface area contributed by atoms with Gasteiger partial charge in [-0.3, -0.25) is 14.4 Å². The number of carbonyl (C=O) groups is 2. The van der Waals surface area contributed by atoms with E-state index in [1.165, 1.54) is 17.2 Å². The van der Waals surface area contributed by atoms with Crippen LogP contribution in [0.25, 0.3) is 0 Å². The summed E-state index contributed by atoms with van der Waals surface area (Å²) >= 11 is 6.36. The summed E-state index contributed by atoms with van der Waals surface area (Å²) in [5.41, 5.74) is 1.19. The minimum absolute atomic E-state index is 0.131. The second kappa shape index (κ2) is 7.23. The lowest BCUT2D eigenvalue weighted by atomic mass is 9.90. The molecule has 7 heteroatoms. The molecule has 2 amide bonds. The predicted octanol–water partition coefficient (Wildman–Crippen LogP) is 4.53. The van der Waals surface area contributed by atoms with E-state index in [2.05, 4.69) is 0 Å². The number of benzene rings is 3. The van der Waals surface area contributed by atoms with E-state index in [0.717, 1.165) is 4.90 Å². The Balaban J connectivity index is 1.64. The Morgan fingerprint density at radius 1 is 0.800 bits per heavy atom. The van der Waals surface area contributed by atoms with Gasteiger partial charge in [0, 0.05) is 10.6 Å². The van der Waals surface area contributed by atoms with Crippen molar-refractivity contribution in [2.24, 2.45) is 5.92 Å². The van der Waals surface area contributed by atoms with Crippen LogP contribution in [-0.4, -0.2) is 17.9 Å². The maximum atomic E-state index is 14.9. The Morgan fingerprint density at radius 3 is 2.07 bits per heavy atom. The zero-order chi connectivity index (χ0) is 20.8. The molecule has 150 valence electrons. The molecule has 2 aliphatic heterocycles. The first-order chi connectivity index (χ1) is 14.6. The van der Waals surface area contributed by atoms with Crippen LogP contribution >= 0.6 is 11.6 Å². The van der Waals surface area contributed by atoms with Crippen molar-refractivity contribution >= 4 is 34.8 Å². The first-order valence-electron chi connectivity index (χ1n) is 9.46. The van der Waals surface area contributed by atoms with E-state index in [4.69, 9.17) is 16.4 Å². The number of nitrogens with zero attached hydrogens (tertiary/aromatic N) is 2. The molecule has 3 atom stereocenters. The van der Waals surface area contributed by atoms with E-state index in [1.807, 2.05) is 6.07 Å². The van der Waals surface area contributed by atoms with Crippen LogP contribution in [0.2, 0.25) is 5.02 Å². The van der Waals surface area contributed by atoms with Gasteiger partial charge in [-0.1, -0.05) is 54.1 Å². The maximum Gasteiger partial charge on any atom is 0.266 e. The van der Waals surface area contributed by atoms with Crippen LogP contribution in [0.1, 0.15) is 11.6 Å². The van der Waals surface area contributed by atoms with E-state index in [9.17, 15) is 14.0 Å². The third-order valence-corrected chi connectivity index (χ3v) is 5.77. The number of hydroxylamine groups is 1. The maximum absolute atomic E-state index is 14.9. The number of hydrogen-bond donors (Lipinski definition) is 0. The molecule has 3 aromatic carbocycles. The Bertz CT molecular complexity index is 1110. The van der Waals surface area contributed by atoms with Crippen molar-refractivity contribution in [3.8, 4) is 0 Å². The number of fused-ring (bicyclic) bond motifs is 1. The van der Waals surface area contributed by atoms with Gasteiger partial charge in [-0.05, 0) is 36.4 Å². The summed E-state index contributed by atoms with van der Waals surface area (Å²) in [7, 11) is 0. The lowest BCUT2D eigenvalue weighted by molar-refractivity contribution is -0.126. The predicted molar refractivity (Wildman–Crippen MR) is 110 cm³/mol. The normalized spacial score (nSPS) is 23.2. The number of anilines is 2. The highest BCUT2D eigenvalue weighted by Gasteiger charge is 2.61. The van der Waals surface area contributed by atoms with Gasteiger partial charge in [0.2, 0.25) is 5.91 Å². The van der Waals surface area contributed by atoms with Crippen molar-refractivity contribution in [3.63, 3.8) is 0 Å². The fraction of sp³-hybridized carbons (Fsp3) is 0.130. The van der Waals surface area contributed by atoms with Crippen LogP contribution in [0.4, 0.5) is 15.8 Å². The van der Waals surface area contributed by atoms with Crippen molar-refractivity contribution in [1.82, 2.24) is 0 Å². The quantitative estimate of drug-likeness (QED) is 0.582. The number of carbonyl (C=O) groups excluding carboxylic acids is 2. The van der Waals surface area contributed by atoms with Gasteiger partial charge in [0.1, 0.15) is 17.8 Å². The van der Waals surface area contributed by atoms with Gasteiger partial charge in [-0.15, -0.1) is 0 Å². The van der Waals surface area contributed by atoms with Crippen molar-refractivity contribution in [3.05, 3.63) is 95.3 Å². The van der Waals surface area contributed by atoms with Gasteiger partial charge in [0.25, 0.3) is 5.91 Å². The lowest BCUT2D eigenvalue weighted by Gasteiger charge is -2.29. The molecule has 0 bridgehead atoms. The van der Waals surface area contributed by atoms with Crippen molar-refractivity contribution < 1.29 is 18.8 Å². The third-order valence-electron chi connectivity index (χ3n) is 5.44. The molecule has 0 spiro atoms. The van der Waals surface area contributed by atoms with Gasteiger partial charge in [0.05, 0.1) is 11.4 Å². The molecule has 3 aromatic rings. The molecule has 0 aromatic heterocycles. The number of halogens is 2. The zero-order valence-corrected chi connectivity index (χ0v) is 16.4. The summed E-state index contributed by atoms with van der Waals surface area (Å²) in [6, 6.07) is 21.1. The van der Waals surface area contributed by atoms with Gasteiger partial charge < -0.3 is 0 Å². The number of rotatable bonds is 3. The Kier molecular flexibility index (Phi) is 4.53. The Hall–Kier alpha value is -3.22. The summed E-state index contributed by atoms with van der Waals surface area (Å²) in [4.78, 5) is 33.7. The molecular formula is C23H16ClFN2O3. The topological polar surface area (TPSA) is 49.9 Å². The first-order valence-corrected chi connectivity index (χ1v) is 9.83. The van der Waals surface area contributed by atoms with Crippen LogP contribution in [0.5, 0.6) is 0 Å². The largest absolute Gasteiger partial charge is 0.273 e. The van der Waals surface area contributed by atoms with Crippen LogP contribution < -0.4 is 9.96 Å². The highest BCUT2D eigenvalue weighted by molar-refractivity contribution is 6.31. The van der Waals surface area contributed by atoms with Crippen LogP contribution in [-0.2, 0) is 14.4 Å². The molecule has 5 nitrogen and oxygen atoms in total. The standard InChI is InChI=1S/C23H16ClFN2O3/c24-16-12-7-13-17(25)18(16)20-19-21(30-27(20)15-10-5-2-6-11-15)23(29)26(22(19)28)14-8-3-1-4-9-14/h1-13,19-21H/t19-,20+,21-/m1/s1. The minimum Gasteiger partial charge on any atom is -0.273 e. The molecule has 2 aliphatic rings. The molecule has 2 fully saturated rings. The van der Waals surface area contributed by atoms with E-state index >= 15 is 0 Å². The van der Waals surface area contributed by atoms with Crippen molar-refractivity contribution in [2.75, 3.05) is 9.96 Å². The molecular weight excluding hydrogens is 407 g/mol. The monoisotopic (exact) mass is 422 g/mol. The number of hydrogen-bond acceptors (Lipinski definition) is 4. The highest BCUT2D eigenvalue weighted by atomic mass is 35.5. The molecule has 0 N–H and O–H groups in total. The third kappa shape index (κ3) is 2.80. The average Bonchev–Trinajstić information content (AvgIpc) is 3.26. The van der Waals surface area contributed by atoms with Gasteiger partial charge in [-0.2, -0.15) is 0 Å². The molecule has 2 heterocycles. The SMILES string of the molecule is O=C1[C@H]2[C@@H](ON(c3ccccc3)[C@H]2c2c(F)cccc2Cl)C(=O)N1c1ccccc1. The van der Waals surface area contributed by atoms with E-state index in [0.29, 0.717) is 11.4 Å². The molecule has 2 saturated heterocycles. The number of imide groups is 1. The number of para-hydroxylation sites is 2. The number of amides is 2. The van der Waals surface area contributed by atoms with E-state index in [-0.39, 0.29) is 10.6 Å². The summed E-state index contributed by atoms with van der Waals surface area (Å²) in [5, 5.41) is 1.60. The highest BCUT2D eigenvalue weighted by Crippen LogP contribution is 2.49. The molecule has 0 radical (unpaired) electrons. The summed E-state index contributed by atoms with van der Waals surface area (Å²) in [6.45, 7) is 0. The summed E-state index contributed by atoms with van der Waals surface area (Å²) in [5.74, 6) is -2.42. The lowest BCUT2D eigenvalue weighted by Crippen LogP contribution is -2.37. The molecule has 0 saturated carbocycles. The smallest absolute Gasteiger partial charge is 0.266 e. The average molecular weight is 423 g/mol. The summed E-state index contributed by atoms with van der Waals surface area (Å²) in [6.07, 6.45) is -1.07. The minimum atomic E-state index is -1.07. The fourth-order valence-electron chi connectivity index (χ4n) is 4.13. The van der Waals surface area contributed by atoms with Crippen LogP contribution in [0, 0.1) is 11.7 Å². The van der Waals surface area contributed by atoms with E-state index < -0.39 is 35.7 Å².